The molecule has 0 fully saturated rings. The van der Waals surface area contributed by atoms with Gasteiger partial charge in [-0.05, 0) is 50.1 Å². The lowest BCUT2D eigenvalue weighted by molar-refractivity contribution is -0.133. The van der Waals surface area contributed by atoms with E-state index < -0.39 is 0 Å². The zero-order valence-electron chi connectivity index (χ0n) is 15.7. The first-order valence-corrected chi connectivity index (χ1v) is 9.43. The Morgan fingerprint density at radius 3 is 2.54 bits per heavy atom. The summed E-state index contributed by atoms with van der Waals surface area (Å²) in [6.07, 6.45) is 0.854. The minimum atomic E-state index is -0.287. The highest BCUT2D eigenvalue weighted by atomic mass is 35.5. The van der Waals surface area contributed by atoms with Crippen molar-refractivity contribution in [3.8, 4) is 11.5 Å². The standard InChI is InChI=1S/C21H21ClFN3O2/c1-14(2)26(20(27)12-9-15-7-10-16(23)11-8-15)13-19-24-25-21(28-19)17-5-3-4-6-18(17)22/h3-8,10-11,14H,9,12-13H2,1-2H3. The molecule has 7 heteroatoms. The lowest BCUT2D eigenvalue weighted by Crippen LogP contribution is -2.36. The second-order valence-electron chi connectivity index (χ2n) is 6.72. The van der Waals surface area contributed by atoms with Gasteiger partial charge in [0.05, 0.1) is 17.1 Å². The van der Waals surface area contributed by atoms with Crippen LogP contribution in [0.2, 0.25) is 5.02 Å². The molecule has 5 nitrogen and oxygen atoms in total. The monoisotopic (exact) mass is 401 g/mol. The van der Waals surface area contributed by atoms with E-state index in [0.29, 0.717) is 35.2 Å². The van der Waals surface area contributed by atoms with E-state index in [1.807, 2.05) is 26.0 Å². The van der Waals surface area contributed by atoms with Crippen LogP contribution < -0.4 is 0 Å². The molecule has 146 valence electrons. The lowest BCUT2D eigenvalue weighted by Gasteiger charge is -2.25. The van der Waals surface area contributed by atoms with E-state index >= 15 is 0 Å². The van der Waals surface area contributed by atoms with E-state index in [-0.39, 0.29) is 24.3 Å². The fourth-order valence-corrected chi connectivity index (χ4v) is 3.03. The highest BCUT2D eigenvalue weighted by molar-refractivity contribution is 6.33. The number of amides is 1. The number of carbonyl (C=O) groups excluding carboxylic acids is 1. The first kappa shape index (κ1) is 20.0. The van der Waals surface area contributed by atoms with Gasteiger partial charge in [-0.1, -0.05) is 35.9 Å². The molecule has 2 aromatic carbocycles. The average molecular weight is 402 g/mol. The molecule has 1 aromatic heterocycles. The van der Waals surface area contributed by atoms with Crippen molar-refractivity contribution in [3.63, 3.8) is 0 Å². The maximum atomic E-state index is 13.0. The fourth-order valence-electron chi connectivity index (χ4n) is 2.81. The van der Waals surface area contributed by atoms with Gasteiger partial charge < -0.3 is 9.32 Å². The molecule has 0 spiro atoms. The van der Waals surface area contributed by atoms with Crippen LogP contribution in [0.4, 0.5) is 4.39 Å². The number of hydrogen-bond acceptors (Lipinski definition) is 4. The molecular weight excluding hydrogens is 381 g/mol. The van der Waals surface area contributed by atoms with Crippen molar-refractivity contribution in [1.29, 1.82) is 0 Å². The topological polar surface area (TPSA) is 59.2 Å². The molecule has 1 heterocycles. The van der Waals surface area contributed by atoms with Gasteiger partial charge in [0.25, 0.3) is 0 Å². The second kappa shape index (κ2) is 8.97. The van der Waals surface area contributed by atoms with Gasteiger partial charge in [0, 0.05) is 12.5 Å². The second-order valence-corrected chi connectivity index (χ2v) is 7.13. The Bertz CT molecular complexity index is 941. The van der Waals surface area contributed by atoms with Crippen LogP contribution in [0.5, 0.6) is 0 Å². The van der Waals surface area contributed by atoms with Crippen LogP contribution >= 0.6 is 11.6 Å². The minimum absolute atomic E-state index is 0.0307. The van der Waals surface area contributed by atoms with Crippen molar-refractivity contribution in [2.45, 2.75) is 39.3 Å². The third-order valence-corrected chi connectivity index (χ3v) is 4.69. The molecule has 0 radical (unpaired) electrons. The summed E-state index contributed by atoms with van der Waals surface area (Å²) in [7, 11) is 0. The summed E-state index contributed by atoms with van der Waals surface area (Å²) in [4.78, 5) is 14.4. The van der Waals surface area contributed by atoms with Crippen molar-refractivity contribution in [1.82, 2.24) is 15.1 Å². The van der Waals surface area contributed by atoms with Crippen molar-refractivity contribution < 1.29 is 13.6 Å². The quantitative estimate of drug-likeness (QED) is 0.565. The summed E-state index contributed by atoms with van der Waals surface area (Å²) in [5, 5.41) is 8.62. The number of hydrogen-bond donors (Lipinski definition) is 0. The minimum Gasteiger partial charge on any atom is -0.419 e. The summed E-state index contributed by atoms with van der Waals surface area (Å²) in [5.74, 6) is 0.350. The lowest BCUT2D eigenvalue weighted by atomic mass is 10.1. The molecule has 3 rings (SSSR count). The van der Waals surface area contributed by atoms with Gasteiger partial charge in [-0.15, -0.1) is 10.2 Å². The van der Waals surface area contributed by atoms with Gasteiger partial charge in [-0.3, -0.25) is 4.79 Å². The molecule has 0 unspecified atom stereocenters. The Morgan fingerprint density at radius 1 is 1.14 bits per heavy atom. The van der Waals surface area contributed by atoms with Crippen molar-refractivity contribution in [2.75, 3.05) is 0 Å². The summed E-state index contributed by atoms with van der Waals surface area (Å²) in [5.41, 5.74) is 1.57. The third kappa shape index (κ3) is 4.95. The molecule has 0 saturated carbocycles. The third-order valence-electron chi connectivity index (χ3n) is 4.36. The van der Waals surface area contributed by atoms with E-state index in [0.717, 1.165) is 5.56 Å². The molecule has 0 bridgehead atoms. The van der Waals surface area contributed by atoms with Gasteiger partial charge in [-0.25, -0.2) is 4.39 Å². The van der Waals surface area contributed by atoms with Gasteiger partial charge in [-0.2, -0.15) is 0 Å². The summed E-state index contributed by atoms with van der Waals surface area (Å²) in [6.45, 7) is 4.08. The molecule has 0 N–H and O–H groups in total. The number of nitrogens with zero attached hydrogens (tertiary/aromatic N) is 3. The fraction of sp³-hybridized carbons (Fsp3) is 0.286. The van der Waals surface area contributed by atoms with E-state index in [1.54, 1.807) is 29.2 Å². The molecule has 28 heavy (non-hydrogen) atoms. The molecule has 0 aliphatic heterocycles. The van der Waals surface area contributed by atoms with Gasteiger partial charge in [0.2, 0.25) is 17.7 Å². The maximum Gasteiger partial charge on any atom is 0.249 e. The Balaban J connectivity index is 1.67. The van der Waals surface area contributed by atoms with E-state index in [9.17, 15) is 9.18 Å². The predicted octanol–water partition coefficient (Wildman–Crippen LogP) is 4.90. The smallest absolute Gasteiger partial charge is 0.249 e. The van der Waals surface area contributed by atoms with Crippen LogP contribution in [-0.2, 0) is 17.8 Å². The summed E-state index contributed by atoms with van der Waals surface area (Å²) in [6, 6.07) is 13.4. The SMILES string of the molecule is CC(C)N(Cc1nnc(-c2ccccc2Cl)o1)C(=O)CCc1ccc(F)cc1. The number of rotatable bonds is 7. The highest BCUT2D eigenvalue weighted by Gasteiger charge is 2.21. The first-order chi connectivity index (χ1) is 13.4. The largest absolute Gasteiger partial charge is 0.419 e. The van der Waals surface area contributed by atoms with Gasteiger partial charge in [0.1, 0.15) is 5.82 Å². The van der Waals surface area contributed by atoms with Gasteiger partial charge >= 0.3 is 0 Å². The highest BCUT2D eigenvalue weighted by Crippen LogP contribution is 2.26. The zero-order chi connectivity index (χ0) is 20.1. The van der Waals surface area contributed by atoms with E-state index in [2.05, 4.69) is 10.2 Å². The Morgan fingerprint density at radius 2 is 1.86 bits per heavy atom. The number of carbonyl (C=O) groups is 1. The van der Waals surface area contributed by atoms with Crippen LogP contribution in [0.1, 0.15) is 31.7 Å². The Hall–Kier alpha value is -2.73. The molecular formula is C21H21ClFN3O2. The number of benzene rings is 2. The van der Waals surface area contributed by atoms with Crippen LogP contribution in [0.15, 0.2) is 52.9 Å². The van der Waals surface area contributed by atoms with Crippen LogP contribution in [0, 0.1) is 5.82 Å². The summed E-state index contributed by atoms with van der Waals surface area (Å²) >= 11 is 6.17. The van der Waals surface area contributed by atoms with Crippen molar-refractivity contribution >= 4 is 17.5 Å². The molecule has 1 amide bonds. The van der Waals surface area contributed by atoms with E-state index in [4.69, 9.17) is 16.0 Å². The average Bonchev–Trinajstić information content (AvgIpc) is 3.14. The maximum absolute atomic E-state index is 13.0. The Labute approximate surface area is 168 Å². The predicted molar refractivity (Wildman–Crippen MR) is 105 cm³/mol. The molecule has 3 aromatic rings. The van der Waals surface area contributed by atoms with Gasteiger partial charge in [0.15, 0.2) is 0 Å². The summed E-state index contributed by atoms with van der Waals surface area (Å²) < 4.78 is 18.7. The number of aromatic nitrogens is 2. The number of halogens is 2. The molecule has 0 aliphatic carbocycles. The van der Waals surface area contributed by atoms with Crippen LogP contribution in [-0.4, -0.2) is 27.0 Å². The van der Waals surface area contributed by atoms with E-state index in [1.165, 1.54) is 12.1 Å². The van der Waals surface area contributed by atoms with Crippen molar-refractivity contribution in [2.24, 2.45) is 0 Å². The molecule has 0 aliphatic rings. The normalized spacial score (nSPS) is 11.0. The molecule has 0 atom stereocenters. The Kier molecular flexibility index (Phi) is 6.41. The zero-order valence-corrected chi connectivity index (χ0v) is 16.5. The van der Waals surface area contributed by atoms with Crippen LogP contribution in [0.3, 0.4) is 0 Å². The molecule has 0 saturated heterocycles. The number of aryl methyl sites for hydroxylation is 1. The van der Waals surface area contributed by atoms with Crippen molar-refractivity contribution in [3.05, 3.63) is 70.8 Å². The van der Waals surface area contributed by atoms with Crippen LogP contribution in [0.25, 0.3) is 11.5 Å². The first-order valence-electron chi connectivity index (χ1n) is 9.05.